The Morgan fingerprint density at radius 1 is 1.05 bits per heavy atom. The fourth-order valence-electron chi connectivity index (χ4n) is 6.39. The van der Waals surface area contributed by atoms with Gasteiger partial charge in [-0.25, -0.2) is 18.7 Å². The maximum Gasteiger partial charge on any atom is 0.246 e. The lowest BCUT2D eigenvalue weighted by Crippen LogP contribution is -2.40. The predicted molar refractivity (Wildman–Crippen MR) is 153 cm³/mol. The van der Waals surface area contributed by atoms with E-state index in [9.17, 15) is 8.78 Å². The molecule has 3 aromatic heterocycles. The van der Waals surface area contributed by atoms with E-state index in [0.29, 0.717) is 23.9 Å². The van der Waals surface area contributed by atoms with E-state index in [2.05, 4.69) is 67.9 Å². The number of nitrogens with zero attached hydrogens (tertiary/aromatic N) is 5. The van der Waals surface area contributed by atoms with Crippen molar-refractivity contribution in [3.05, 3.63) is 77.2 Å². The molecule has 2 aliphatic carbocycles. The van der Waals surface area contributed by atoms with Gasteiger partial charge in [-0.05, 0) is 66.1 Å². The second-order valence-electron chi connectivity index (χ2n) is 13.3. The van der Waals surface area contributed by atoms with Gasteiger partial charge >= 0.3 is 0 Å². The van der Waals surface area contributed by atoms with Gasteiger partial charge in [0.2, 0.25) is 5.89 Å². The van der Waals surface area contributed by atoms with Crippen molar-refractivity contribution in [3.8, 4) is 22.8 Å². The summed E-state index contributed by atoms with van der Waals surface area (Å²) in [7, 11) is -1.94. The number of benzene rings is 1. The summed E-state index contributed by atoms with van der Waals surface area (Å²) in [6, 6.07) is 5.62. The standard InChI is InChI=1S/C31H35F2N5O2Si/c1-29(2,3)41(6,7)40-17-18-16-39-28(35-18)24-14-34-15-25(36-24)31-12-11-20(30(31,4)5)19-13-23(37-38-27(19)31)26-21(32)9-8-10-22(26)33/h8-10,13-16,20H,11-12,17H2,1-7H3/t20-,31-/m0/s1. The molecule has 2 aliphatic rings. The van der Waals surface area contributed by atoms with Crippen LogP contribution in [0.5, 0.6) is 0 Å². The summed E-state index contributed by atoms with van der Waals surface area (Å²) in [6.07, 6.45) is 6.75. The van der Waals surface area contributed by atoms with Crippen LogP contribution in [0, 0.1) is 17.0 Å². The van der Waals surface area contributed by atoms with E-state index >= 15 is 0 Å². The summed E-state index contributed by atoms with van der Waals surface area (Å²) in [4.78, 5) is 14.2. The summed E-state index contributed by atoms with van der Waals surface area (Å²) in [5, 5.41) is 9.03. The molecule has 0 N–H and O–H groups in total. The van der Waals surface area contributed by atoms with Crippen molar-refractivity contribution in [1.82, 2.24) is 25.1 Å². The van der Waals surface area contributed by atoms with Crippen LogP contribution >= 0.6 is 0 Å². The minimum atomic E-state index is -1.94. The maximum atomic E-state index is 14.6. The molecule has 6 rings (SSSR count). The lowest BCUT2D eigenvalue weighted by atomic mass is 9.66. The van der Waals surface area contributed by atoms with Crippen molar-refractivity contribution in [2.45, 2.75) is 83.5 Å². The second kappa shape index (κ2) is 9.32. The van der Waals surface area contributed by atoms with Crippen LogP contribution in [0.2, 0.25) is 18.1 Å². The van der Waals surface area contributed by atoms with Crippen LogP contribution in [0.3, 0.4) is 0 Å². The highest BCUT2D eigenvalue weighted by Crippen LogP contribution is 2.69. The van der Waals surface area contributed by atoms with Gasteiger partial charge in [0.15, 0.2) is 8.32 Å². The Labute approximate surface area is 240 Å². The SMILES string of the molecule is CC1(C)[C@H]2CC[C@]1(c1cncc(-c3nc(CO[Si](C)(C)C(C)(C)C)co3)n1)c1nnc(-c3c(F)cccc3F)cc12. The maximum absolute atomic E-state index is 14.6. The zero-order chi connectivity index (χ0) is 29.4. The van der Waals surface area contributed by atoms with Crippen molar-refractivity contribution >= 4 is 8.32 Å². The van der Waals surface area contributed by atoms with Crippen molar-refractivity contribution in [2.24, 2.45) is 5.41 Å². The zero-order valence-corrected chi connectivity index (χ0v) is 25.5. The topological polar surface area (TPSA) is 86.8 Å². The van der Waals surface area contributed by atoms with Gasteiger partial charge in [0.05, 0.1) is 40.9 Å². The molecule has 41 heavy (non-hydrogen) atoms. The van der Waals surface area contributed by atoms with Crippen molar-refractivity contribution in [2.75, 3.05) is 0 Å². The Bertz CT molecular complexity index is 1630. The number of halogens is 2. The second-order valence-corrected chi connectivity index (χ2v) is 18.1. The normalized spacial score (nSPS) is 21.3. The average Bonchev–Trinajstić information content (AvgIpc) is 3.55. The minimum absolute atomic E-state index is 0.0925. The number of fused-ring (bicyclic) bond motifs is 5. The molecule has 4 aromatic rings. The molecule has 1 saturated carbocycles. The third-order valence-electron chi connectivity index (χ3n) is 9.83. The third-order valence-corrected chi connectivity index (χ3v) is 14.3. The molecule has 1 fully saturated rings. The summed E-state index contributed by atoms with van der Waals surface area (Å²) < 4.78 is 41.3. The fraction of sp³-hybridized carbons (Fsp3) is 0.452. The zero-order valence-electron chi connectivity index (χ0n) is 24.5. The molecular formula is C31H35F2N5O2Si. The van der Waals surface area contributed by atoms with E-state index in [-0.39, 0.29) is 27.6 Å². The summed E-state index contributed by atoms with van der Waals surface area (Å²) in [5.74, 6) is -0.801. The highest BCUT2D eigenvalue weighted by Gasteiger charge is 2.65. The monoisotopic (exact) mass is 575 g/mol. The molecular weight excluding hydrogens is 540 g/mol. The molecule has 1 aromatic carbocycles. The lowest BCUT2D eigenvalue weighted by Gasteiger charge is -2.37. The Morgan fingerprint density at radius 3 is 2.49 bits per heavy atom. The molecule has 10 heteroatoms. The Balaban J connectivity index is 1.35. The largest absolute Gasteiger partial charge is 0.443 e. The fourth-order valence-corrected chi connectivity index (χ4v) is 7.33. The van der Waals surface area contributed by atoms with Crippen LogP contribution in [0.25, 0.3) is 22.8 Å². The lowest BCUT2D eigenvalue weighted by molar-refractivity contribution is 0.242. The first kappa shape index (κ1) is 27.8. The first-order valence-corrected chi connectivity index (χ1v) is 16.9. The quantitative estimate of drug-likeness (QED) is 0.219. The van der Waals surface area contributed by atoms with Crippen LogP contribution in [0.4, 0.5) is 8.78 Å². The van der Waals surface area contributed by atoms with Gasteiger partial charge in [0, 0.05) is 6.20 Å². The highest BCUT2D eigenvalue weighted by molar-refractivity contribution is 6.74. The Kier molecular flexibility index (Phi) is 6.31. The van der Waals surface area contributed by atoms with Gasteiger partial charge in [-0.2, -0.15) is 5.10 Å². The molecule has 0 unspecified atom stereocenters. The van der Waals surface area contributed by atoms with E-state index in [0.717, 1.165) is 29.8 Å². The van der Waals surface area contributed by atoms with Gasteiger partial charge in [-0.3, -0.25) is 4.98 Å². The molecule has 2 atom stereocenters. The smallest absolute Gasteiger partial charge is 0.246 e. The van der Waals surface area contributed by atoms with Crippen LogP contribution in [-0.2, 0) is 16.4 Å². The molecule has 0 saturated heterocycles. The molecule has 3 heterocycles. The summed E-state index contributed by atoms with van der Waals surface area (Å²) in [6.45, 7) is 15.8. The van der Waals surface area contributed by atoms with Crippen molar-refractivity contribution < 1.29 is 17.6 Å². The van der Waals surface area contributed by atoms with Gasteiger partial charge in [0.1, 0.15) is 29.3 Å². The van der Waals surface area contributed by atoms with Crippen molar-refractivity contribution in [3.63, 3.8) is 0 Å². The predicted octanol–water partition coefficient (Wildman–Crippen LogP) is 7.59. The van der Waals surface area contributed by atoms with Gasteiger partial charge in [-0.15, -0.1) is 5.10 Å². The molecule has 0 radical (unpaired) electrons. The van der Waals surface area contributed by atoms with Crippen LogP contribution in [-0.4, -0.2) is 33.5 Å². The molecule has 0 spiro atoms. The first-order chi connectivity index (χ1) is 19.3. The summed E-state index contributed by atoms with van der Waals surface area (Å²) in [5.41, 5.74) is 2.96. The number of aromatic nitrogens is 5. The Hall–Kier alpha value is -3.37. The minimum Gasteiger partial charge on any atom is -0.443 e. The van der Waals surface area contributed by atoms with Gasteiger partial charge < -0.3 is 8.84 Å². The molecule has 2 bridgehead atoms. The molecule has 7 nitrogen and oxygen atoms in total. The molecule has 0 amide bonds. The number of hydrogen-bond acceptors (Lipinski definition) is 7. The van der Waals surface area contributed by atoms with Gasteiger partial charge in [0.25, 0.3) is 0 Å². The van der Waals surface area contributed by atoms with E-state index in [1.165, 1.54) is 18.2 Å². The number of hydrogen-bond donors (Lipinski definition) is 0. The third kappa shape index (κ3) is 4.17. The average molecular weight is 576 g/mol. The van der Waals surface area contributed by atoms with Crippen molar-refractivity contribution in [1.29, 1.82) is 0 Å². The van der Waals surface area contributed by atoms with E-state index in [1.54, 1.807) is 24.7 Å². The van der Waals surface area contributed by atoms with Gasteiger partial charge in [-0.1, -0.05) is 40.7 Å². The molecule has 214 valence electrons. The van der Waals surface area contributed by atoms with E-state index < -0.39 is 25.4 Å². The van der Waals surface area contributed by atoms with Crippen LogP contribution < -0.4 is 0 Å². The highest BCUT2D eigenvalue weighted by atomic mass is 28.4. The summed E-state index contributed by atoms with van der Waals surface area (Å²) >= 11 is 0. The first-order valence-electron chi connectivity index (χ1n) is 14.0. The van der Waals surface area contributed by atoms with E-state index in [4.69, 9.17) is 13.8 Å². The van der Waals surface area contributed by atoms with E-state index in [1.807, 2.05) is 0 Å². The van der Waals surface area contributed by atoms with Crippen LogP contribution in [0.15, 0.2) is 47.3 Å². The van der Waals surface area contributed by atoms with Crippen LogP contribution in [0.1, 0.15) is 76.0 Å². The number of oxazole rings is 1. The Morgan fingerprint density at radius 2 is 1.78 bits per heavy atom. The molecule has 0 aliphatic heterocycles. The number of rotatable bonds is 6.